The zero-order valence-electron chi connectivity index (χ0n) is 14.1. The van der Waals surface area contributed by atoms with E-state index in [1.54, 1.807) is 6.92 Å². The lowest BCUT2D eigenvalue weighted by atomic mass is 10.2. The fourth-order valence-corrected chi connectivity index (χ4v) is 3.47. The Labute approximate surface area is 147 Å². The zero-order chi connectivity index (χ0) is 18.3. The molecular weight excluding hydrogens is 346 g/mol. The molecule has 138 valence electrons. The number of hydrogen-bond acceptors (Lipinski definition) is 5. The standard InChI is InChI=1S/C16H23N3O5S/c1-2-17-15(20)11-18-16(21)12-5-7-14(8-6-12)25(22,23)19-10-13-4-3-9-24-13/h5-8,13,19H,2-4,9-11H2,1H3,(H,17,20)(H,18,21)/t13-/m0/s1. The summed E-state index contributed by atoms with van der Waals surface area (Å²) in [6.45, 7) is 3.03. The molecule has 0 spiro atoms. The number of sulfonamides is 1. The summed E-state index contributed by atoms with van der Waals surface area (Å²) in [5.74, 6) is -0.726. The summed E-state index contributed by atoms with van der Waals surface area (Å²) < 4.78 is 32.4. The van der Waals surface area contributed by atoms with Gasteiger partial charge in [0, 0.05) is 25.3 Å². The van der Waals surface area contributed by atoms with Crippen molar-refractivity contribution in [3.8, 4) is 0 Å². The van der Waals surface area contributed by atoms with E-state index in [4.69, 9.17) is 4.74 Å². The number of rotatable bonds is 8. The van der Waals surface area contributed by atoms with Crippen LogP contribution < -0.4 is 15.4 Å². The van der Waals surface area contributed by atoms with Gasteiger partial charge in [-0.25, -0.2) is 13.1 Å². The first-order valence-electron chi connectivity index (χ1n) is 8.18. The number of benzene rings is 1. The van der Waals surface area contributed by atoms with Gasteiger partial charge in [-0.15, -0.1) is 0 Å². The largest absolute Gasteiger partial charge is 0.377 e. The first-order valence-corrected chi connectivity index (χ1v) is 9.67. The van der Waals surface area contributed by atoms with Crippen LogP contribution in [-0.4, -0.2) is 52.6 Å². The Bertz CT molecular complexity index is 697. The maximum absolute atomic E-state index is 12.2. The topological polar surface area (TPSA) is 114 Å². The molecule has 2 amide bonds. The molecule has 1 aliphatic rings. The molecule has 0 aromatic heterocycles. The number of hydrogen-bond donors (Lipinski definition) is 3. The molecule has 1 aliphatic heterocycles. The summed E-state index contributed by atoms with van der Waals surface area (Å²) in [7, 11) is -3.65. The maximum atomic E-state index is 12.2. The van der Waals surface area contributed by atoms with Crippen molar-refractivity contribution in [2.45, 2.75) is 30.8 Å². The first-order chi connectivity index (χ1) is 11.9. The lowest BCUT2D eigenvalue weighted by Crippen LogP contribution is -2.36. The minimum absolute atomic E-state index is 0.0748. The van der Waals surface area contributed by atoms with Crippen LogP contribution in [0.3, 0.4) is 0 Å². The van der Waals surface area contributed by atoms with Gasteiger partial charge in [-0.05, 0) is 44.0 Å². The average molecular weight is 369 g/mol. The zero-order valence-corrected chi connectivity index (χ0v) is 14.9. The Morgan fingerprint density at radius 2 is 1.92 bits per heavy atom. The lowest BCUT2D eigenvalue weighted by Gasteiger charge is -2.11. The first kappa shape index (κ1) is 19.4. The van der Waals surface area contributed by atoms with Gasteiger partial charge in [0.1, 0.15) is 0 Å². The van der Waals surface area contributed by atoms with Crippen molar-refractivity contribution < 1.29 is 22.7 Å². The maximum Gasteiger partial charge on any atom is 0.251 e. The van der Waals surface area contributed by atoms with Crippen LogP contribution in [0.2, 0.25) is 0 Å². The smallest absolute Gasteiger partial charge is 0.251 e. The van der Waals surface area contributed by atoms with E-state index in [0.717, 1.165) is 12.8 Å². The lowest BCUT2D eigenvalue weighted by molar-refractivity contribution is -0.120. The highest BCUT2D eigenvalue weighted by Crippen LogP contribution is 2.14. The fraction of sp³-hybridized carbons (Fsp3) is 0.500. The number of ether oxygens (including phenoxy) is 1. The predicted molar refractivity (Wildman–Crippen MR) is 91.6 cm³/mol. The van der Waals surface area contributed by atoms with E-state index in [1.165, 1.54) is 24.3 Å². The molecule has 9 heteroatoms. The molecule has 1 atom stereocenters. The Hall–Kier alpha value is -1.97. The molecule has 0 unspecified atom stereocenters. The van der Waals surface area contributed by atoms with Crippen LogP contribution in [0.1, 0.15) is 30.1 Å². The Morgan fingerprint density at radius 3 is 2.52 bits per heavy atom. The highest BCUT2D eigenvalue weighted by molar-refractivity contribution is 7.89. The molecule has 0 aliphatic carbocycles. The van der Waals surface area contributed by atoms with Crippen molar-refractivity contribution in [3.63, 3.8) is 0 Å². The van der Waals surface area contributed by atoms with Gasteiger partial charge in [0.15, 0.2) is 0 Å². The molecule has 1 fully saturated rings. The molecule has 1 heterocycles. The van der Waals surface area contributed by atoms with Gasteiger partial charge in [0.2, 0.25) is 15.9 Å². The van der Waals surface area contributed by atoms with Gasteiger partial charge in [-0.1, -0.05) is 0 Å². The van der Waals surface area contributed by atoms with Crippen molar-refractivity contribution in [2.24, 2.45) is 0 Å². The van der Waals surface area contributed by atoms with E-state index < -0.39 is 15.9 Å². The van der Waals surface area contributed by atoms with Gasteiger partial charge in [0.25, 0.3) is 5.91 Å². The summed E-state index contributed by atoms with van der Waals surface area (Å²) in [5.41, 5.74) is 0.280. The molecule has 3 N–H and O–H groups in total. The highest BCUT2D eigenvalue weighted by atomic mass is 32.2. The van der Waals surface area contributed by atoms with E-state index >= 15 is 0 Å². The van der Waals surface area contributed by atoms with Crippen LogP contribution in [0.25, 0.3) is 0 Å². The van der Waals surface area contributed by atoms with Crippen LogP contribution in [0.5, 0.6) is 0 Å². The van der Waals surface area contributed by atoms with Crippen LogP contribution in [0.4, 0.5) is 0 Å². The molecule has 2 rings (SSSR count). The number of carbonyl (C=O) groups is 2. The molecule has 8 nitrogen and oxygen atoms in total. The summed E-state index contributed by atoms with van der Waals surface area (Å²) >= 11 is 0. The summed E-state index contributed by atoms with van der Waals surface area (Å²) in [5, 5.41) is 5.04. The summed E-state index contributed by atoms with van der Waals surface area (Å²) in [6, 6.07) is 5.54. The Kier molecular flexibility index (Phi) is 6.91. The van der Waals surface area contributed by atoms with Gasteiger partial charge < -0.3 is 15.4 Å². The van der Waals surface area contributed by atoms with Gasteiger partial charge >= 0.3 is 0 Å². The monoisotopic (exact) mass is 369 g/mol. The third kappa shape index (κ3) is 5.80. The molecule has 0 bridgehead atoms. The minimum Gasteiger partial charge on any atom is -0.377 e. The van der Waals surface area contributed by atoms with Crippen molar-refractivity contribution in [1.29, 1.82) is 0 Å². The van der Waals surface area contributed by atoms with E-state index in [-0.39, 0.29) is 35.6 Å². The van der Waals surface area contributed by atoms with E-state index in [9.17, 15) is 18.0 Å². The second kappa shape index (κ2) is 8.93. The van der Waals surface area contributed by atoms with Crippen molar-refractivity contribution in [2.75, 3.05) is 26.2 Å². The summed E-state index contributed by atoms with van der Waals surface area (Å²) in [4.78, 5) is 23.3. The van der Waals surface area contributed by atoms with Crippen molar-refractivity contribution in [3.05, 3.63) is 29.8 Å². The van der Waals surface area contributed by atoms with Crippen LogP contribution in [0.15, 0.2) is 29.2 Å². The van der Waals surface area contributed by atoms with Gasteiger partial charge in [-0.3, -0.25) is 9.59 Å². The third-order valence-electron chi connectivity index (χ3n) is 3.74. The quantitative estimate of drug-likeness (QED) is 0.597. The SMILES string of the molecule is CCNC(=O)CNC(=O)c1ccc(S(=O)(=O)NC[C@@H]2CCCO2)cc1. The van der Waals surface area contributed by atoms with E-state index in [0.29, 0.717) is 13.2 Å². The highest BCUT2D eigenvalue weighted by Gasteiger charge is 2.20. The third-order valence-corrected chi connectivity index (χ3v) is 5.17. The number of amides is 2. The predicted octanol–water partition coefficient (Wildman–Crippen LogP) is 0.00980. The van der Waals surface area contributed by atoms with Crippen LogP contribution in [0, 0.1) is 0 Å². The molecular formula is C16H23N3O5S. The van der Waals surface area contributed by atoms with Crippen LogP contribution >= 0.6 is 0 Å². The molecule has 0 radical (unpaired) electrons. The number of carbonyl (C=O) groups excluding carboxylic acids is 2. The second-order valence-electron chi connectivity index (χ2n) is 5.65. The molecule has 1 aromatic carbocycles. The van der Waals surface area contributed by atoms with Crippen molar-refractivity contribution in [1.82, 2.24) is 15.4 Å². The Morgan fingerprint density at radius 1 is 1.20 bits per heavy atom. The van der Waals surface area contributed by atoms with Gasteiger partial charge in [0.05, 0.1) is 17.5 Å². The molecule has 1 saturated heterocycles. The number of likely N-dealkylation sites (N-methyl/N-ethyl adjacent to an activating group) is 1. The normalized spacial score (nSPS) is 17.2. The van der Waals surface area contributed by atoms with Crippen molar-refractivity contribution >= 4 is 21.8 Å². The van der Waals surface area contributed by atoms with E-state index in [1.807, 2.05) is 0 Å². The number of nitrogens with one attached hydrogen (secondary N) is 3. The summed E-state index contributed by atoms with van der Waals surface area (Å²) in [6.07, 6.45) is 1.69. The Balaban J connectivity index is 1.91. The second-order valence-corrected chi connectivity index (χ2v) is 7.41. The average Bonchev–Trinajstić information content (AvgIpc) is 3.12. The molecule has 0 saturated carbocycles. The molecule has 25 heavy (non-hydrogen) atoms. The van der Waals surface area contributed by atoms with E-state index in [2.05, 4.69) is 15.4 Å². The minimum atomic E-state index is -3.65. The van der Waals surface area contributed by atoms with Crippen LogP contribution in [-0.2, 0) is 19.6 Å². The van der Waals surface area contributed by atoms with Gasteiger partial charge in [-0.2, -0.15) is 0 Å². The fourth-order valence-electron chi connectivity index (χ4n) is 2.40. The molecule has 1 aromatic rings.